The molecule has 7 nitrogen and oxygen atoms in total. The highest BCUT2D eigenvalue weighted by Gasteiger charge is 2.07. The Bertz CT molecular complexity index is 1090. The lowest BCUT2D eigenvalue weighted by molar-refractivity contribution is 0.102. The number of hydrogen-bond acceptors (Lipinski definition) is 5. The topological polar surface area (TPSA) is 81.9 Å². The van der Waals surface area contributed by atoms with Crippen LogP contribution in [0.3, 0.4) is 0 Å². The van der Waals surface area contributed by atoms with Gasteiger partial charge >= 0.3 is 0 Å². The normalized spacial score (nSPS) is 10.5. The number of carbonyl (C=O) groups excluding carboxylic acids is 1. The van der Waals surface area contributed by atoms with Gasteiger partial charge in [0.05, 0.1) is 0 Å². The number of ether oxygens (including phenoxy) is 1. The molecule has 2 aromatic heterocycles. The maximum Gasteiger partial charge on any atom is 0.255 e. The first kappa shape index (κ1) is 17.4. The lowest BCUT2D eigenvalue weighted by atomic mass is 10.1. The Hall–Kier alpha value is -4.00. The van der Waals surface area contributed by atoms with Crippen molar-refractivity contribution in [1.29, 1.82) is 0 Å². The molecule has 1 N–H and O–H groups in total. The number of nitrogens with one attached hydrogen (secondary N) is 1. The summed E-state index contributed by atoms with van der Waals surface area (Å²) in [6.45, 7) is 1.95. The van der Waals surface area contributed by atoms with Gasteiger partial charge < -0.3 is 10.1 Å². The fourth-order valence-electron chi connectivity index (χ4n) is 2.63. The summed E-state index contributed by atoms with van der Waals surface area (Å²) in [6, 6.07) is 18.0. The van der Waals surface area contributed by atoms with E-state index in [1.807, 2.05) is 31.2 Å². The lowest BCUT2D eigenvalue weighted by Gasteiger charge is -2.08. The Balaban J connectivity index is 1.44. The summed E-state index contributed by atoms with van der Waals surface area (Å²) >= 11 is 0. The molecule has 0 aliphatic heterocycles. The molecule has 0 radical (unpaired) electrons. The smallest absolute Gasteiger partial charge is 0.255 e. The SMILES string of the molecule is Cc1cccc(C(=O)Nc2ccc(Oc3cc(-n4cccn4)ncn3)cc2)c1. The lowest BCUT2D eigenvalue weighted by Crippen LogP contribution is -2.11. The van der Waals surface area contributed by atoms with Crippen molar-refractivity contribution in [2.24, 2.45) is 0 Å². The van der Waals surface area contributed by atoms with Crippen molar-refractivity contribution in [2.75, 3.05) is 5.32 Å². The average Bonchev–Trinajstić information content (AvgIpc) is 3.25. The van der Waals surface area contributed by atoms with Gasteiger partial charge in [0.1, 0.15) is 12.1 Å². The highest BCUT2D eigenvalue weighted by Crippen LogP contribution is 2.22. The highest BCUT2D eigenvalue weighted by molar-refractivity contribution is 6.04. The van der Waals surface area contributed by atoms with Gasteiger partial charge in [-0.05, 0) is 49.4 Å². The van der Waals surface area contributed by atoms with Crippen LogP contribution >= 0.6 is 0 Å². The molecule has 4 aromatic rings. The van der Waals surface area contributed by atoms with Gasteiger partial charge in [-0.2, -0.15) is 5.10 Å². The molecule has 0 saturated heterocycles. The minimum Gasteiger partial charge on any atom is -0.439 e. The van der Waals surface area contributed by atoms with E-state index in [-0.39, 0.29) is 5.91 Å². The number of anilines is 1. The van der Waals surface area contributed by atoms with Crippen LogP contribution in [-0.4, -0.2) is 25.7 Å². The van der Waals surface area contributed by atoms with Gasteiger partial charge in [-0.3, -0.25) is 4.79 Å². The number of benzene rings is 2. The second-order valence-corrected chi connectivity index (χ2v) is 6.12. The van der Waals surface area contributed by atoms with E-state index in [1.165, 1.54) is 6.33 Å². The molecule has 2 heterocycles. The Morgan fingerprint density at radius 3 is 2.64 bits per heavy atom. The third-order valence-corrected chi connectivity index (χ3v) is 3.98. The summed E-state index contributed by atoms with van der Waals surface area (Å²) in [4.78, 5) is 20.6. The summed E-state index contributed by atoms with van der Waals surface area (Å²) in [5, 5.41) is 7.01. The molecule has 0 aliphatic rings. The van der Waals surface area contributed by atoms with Crippen LogP contribution in [0.2, 0.25) is 0 Å². The molecular formula is C21H17N5O2. The standard InChI is InChI=1S/C21H17N5O2/c1-15-4-2-5-16(12-15)21(27)25-17-6-8-18(9-7-17)28-20-13-19(22-14-23-20)26-11-3-10-24-26/h2-14H,1H3,(H,25,27). The number of carbonyl (C=O) groups is 1. The molecule has 0 fully saturated rings. The van der Waals surface area contributed by atoms with Gasteiger partial charge in [0.25, 0.3) is 5.91 Å². The Kier molecular flexibility index (Phi) is 4.79. The Morgan fingerprint density at radius 1 is 1.04 bits per heavy atom. The van der Waals surface area contributed by atoms with Gasteiger partial charge in [-0.25, -0.2) is 14.6 Å². The molecular weight excluding hydrogens is 354 g/mol. The molecule has 0 unspecified atom stereocenters. The predicted octanol–water partition coefficient (Wildman–Crippen LogP) is 4.02. The summed E-state index contributed by atoms with van der Waals surface area (Å²) in [5.41, 5.74) is 2.34. The van der Waals surface area contributed by atoms with E-state index in [0.29, 0.717) is 28.7 Å². The first-order chi connectivity index (χ1) is 13.7. The van der Waals surface area contributed by atoms with Gasteiger partial charge in [0.2, 0.25) is 5.88 Å². The highest BCUT2D eigenvalue weighted by atomic mass is 16.5. The maximum absolute atomic E-state index is 12.3. The summed E-state index contributed by atoms with van der Waals surface area (Å²) in [7, 11) is 0. The van der Waals surface area contributed by atoms with Crippen LogP contribution in [0.15, 0.2) is 79.4 Å². The number of aromatic nitrogens is 4. The molecule has 0 bridgehead atoms. The van der Waals surface area contributed by atoms with Crippen molar-refractivity contribution in [3.63, 3.8) is 0 Å². The first-order valence-electron chi connectivity index (χ1n) is 8.65. The molecule has 28 heavy (non-hydrogen) atoms. The number of amides is 1. The van der Waals surface area contributed by atoms with Crippen LogP contribution < -0.4 is 10.1 Å². The van der Waals surface area contributed by atoms with Crippen molar-refractivity contribution in [3.8, 4) is 17.4 Å². The minimum atomic E-state index is -0.156. The second-order valence-electron chi connectivity index (χ2n) is 6.12. The summed E-state index contributed by atoms with van der Waals surface area (Å²) in [6.07, 6.45) is 4.88. The molecule has 0 spiro atoms. The van der Waals surface area contributed by atoms with Crippen molar-refractivity contribution in [3.05, 3.63) is 90.5 Å². The van der Waals surface area contributed by atoms with Gasteiger partial charge in [-0.15, -0.1) is 0 Å². The minimum absolute atomic E-state index is 0.156. The maximum atomic E-state index is 12.3. The Morgan fingerprint density at radius 2 is 1.89 bits per heavy atom. The van der Waals surface area contributed by atoms with E-state index in [4.69, 9.17) is 4.74 Å². The van der Waals surface area contributed by atoms with Gasteiger partial charge in [0, 0.05) is 29.7 Å². The summed E-state index contributed by atoms with van der Waals surface area (Å²) < 4.78 is 7.40. The van der Waals surface area contributed by atoms with Crippen LogP contribution in [-0.2, 0) is 0 Å². The molecule has 0 aliphatic carbocycles. The zero-order valence-electron chi connectivity index (χ0n) is 15.1. The second kappa shape index (κ2) is 7.71. The first-order valence-corrected chi connectivity index (χ1v) is 8.65. The van der Waals surface area contributed by atoms with Crippen LogP contribution in [0.4, 0.5) is 5.69 Å². The molecule has 1 amide bonds. The zero-order chi connectivity index (χ0) is 19.3. The van der Waals surface area contributed by atoms with E-state index >= 15 is 0 Å². The van der Waals surface area contributed by atoms with Crippen molar-refractivity contribution in [1.82, 2.24) is 19.7 Å². The number of rotatable bonds is 5. The number of hydrogen-bond donors (Lipinski definition) is 1. The molecule has 4 rings (SSSR count). The predicted molar refractivity (Wildman–Crippen MR) is 105 cm³/mol. The van der Waals surface area contributed by atoms with Crippen molar-refractivity contribution >= 4 is 11.6 Å². The van der Waals surface area contributed by atoms with E-state index < -0.39 is 0 Å². The third-order valence-electron chi connectivity index (χ3n) is 3.98. The van der Waals surface area contributed by atoms with Gasteiger partial charge in [-0.1, -0.05) is 17.7 Å². The number of nitrogens with zero attached hydrogens (tertiary/aromatic N) is 4. The van der Waals surface area contributed by atoms with E-state index in [0.717, 1.165) is 5.56 Å². The number of aryl methyl sites for hydroxylation is 1. The quantitative estimate of drug-likeness (QED) is 0.573. The fraction of sp³-hybridized carbons (Fsp3) is 0.0476. The van der Waals surface area contributed by atoms with Crippen LogP contribution in [0.5, 0.6) is 11.6 Å². The molecule has 0 saturated carbocycles. The van der Waals surface area contributed by atoms with Crippen LogP contribution in [0, 0.1) is 6.92 Å². The zero-order valence-corrected chi connectivity index (χ0v) is 15.1. The van der Waals surface area contributed by atoms with Crippen LogP contribution in [0.1, 0.15) is 15.9 Å². The van der Waals surface area contributed by atoms with E-state index in [9.17, 15) is 4.79 Å². The van der Waals surface area contributed by atoms with E-state index in [1.54, 1.807) is 53.5 Å². The van der Waals surface area contributed by atoms with Crippen molar-refractivity contribution in [2.45, 2.75) is 6.92 Å². The third kappa shape index (κ3) is 4.04. The average molecular weight is 371 g/mol. The van der Waals surface area contributed by atoms with Crippen molar-refractivity contribution < 1.29 is 9.53 Å². The monoisotopic (exact) mass is 371 g/mol. The summed E-state index contributed by atoms with van der Waals surface area (Å²) in [5.74, 6) is 1.45. The van der Waals surface area contributed by atoms with E-state index in [2.05, 4.69) is 20.4 Å². The fourth-order valence-corrected chi connectivity index (χ4v) is 2.63. The molecule has 0 atom stereocenters. The molecule has 7 heteroatoms. The largest absolute Gasteiger partial charge is 0.439 e. The van der Waals surface area contributed by atoms with Gasteiger partial charge in [0.15, 0.2) is 5.82 Å². The molecule has 138 valence electrons. The van der Waals surface area contributed by atoms with Crippen LogP contribution in [0.25, 0.3) is 5.82 Å². The molecule has 2 aromatic carbocycles. The Labute approximate surface area is 161 Å².